The quantitative estimate of drug-likeness (QED) is 0.758. The van der Waals surface area contributed by atoms with Gasteiger partial charge in [0, 0.05) is 16.6 Å². The summed E-state index contributed by atoms with van der Waals surface area (Å²) in [6.07, 6.45) is 4.10. The Hall–Kier alpha value is -0.340. The van der Waals surface area contributed by atoms with Crippen molar-refractivity contribution in [2.75, 3.05) is 0 Å². The van der Waals surface area contributed by atoms with Crippen LogP contribution in [0.25, 0.3) is 0 Å². The molecule has 112 valence electrons. The fourth-order valence-corrected chi connectivity index (χ4v) is 3.83. The lowest BCUT2D eigenvalue weighted by Crippen LogP contribution is -2.43. The third kappa shape index (κ3) is 4.08. The van der Waals surface area contributed by atoms with Crippen LogP contribution in [0.1, 0.15) is 58.6 Å². The van der Waals surface area contributed by atoms with Crippen molar-refractivity contribution in [3.8, 4) is 0 Å². The highest BCUT2D eigenvalue weighted by Gasteiger charge is 2.31. The Morgan fingerprint density at radius 2 is 1.75 bits per heavy atom. The normalized spacial score (nSPS) is 28.6. The largest absolute Gasteiger partial charge is 0.307 e. The van der Waals surface area contributed by atoms with Crippen LogP contribution < -0.4 is 5.32 Å². The van der Waals surface area contributed by atoms with Gasteiger partial charge < -0.3 is 5.32 Å². The maximum Gasteiger partial charge on any atom is 0.0294 e. The molecule has 4 atom stereocenters. The fraction of sp³-hybridized carbons (Fsp3) is 0.667. The highest BCUT2D eigenvalue weighted by atomic mass is 79.9. The summed E-state index contributed by atoms with van der Waals surface area (Å²) in [5.74, 6) is 2.46. The van der Waals surface area contributed by atoms with Crippen molar-refractivity contribution in [3.05, 3.63) is 34.3 Å². The highest BCUT2D eigenvalue weighted by Crippen LogP contribution is 2.34. The van der Waals surface area contributed by atoms with E-state index in [1.54, 1.807) is 0 Å². The SMILES string of the molecule is CC1CCC(C(C)C)C(N[C@@H](C)c2ccc(Br)cc2)C1. The summed E-state index contributed by atoms with van der Waals surface area (Å²) in [6.45, 7) is 9.44. The van der Waals surface area contributed by atoms with Crippen LogP contribution in [0.2, 0.25) is 0 Å². The van der Waals surface area contributed by atoms with Crippen molar-refractivity contribution in [1.82, 2.24) is 5.32 Å². The van der Waals surface area contributed by atoms with Gasteiger partial charge >= 0.3 is 0 Å². The van der Waals surface area contributed by atoms with Crippen molar-refractivity contribution in [3.63, 3.8) is 0 Å². The highest BCUT2D eigenvalue weighted by molar-refractivity contribution is 9.10. The zero-order valence-electron chi connectivity index (χ0n) is 13.2. The molecule has 0 bridgehead atoms. The van der Waals surface area contributed by atoms with Gasteiger partial charge in [0.25, 0.3) is 0 Å². The van der Waals surface area contributed by atoms with Crippen LogP contribution in [0.5, 0.6) is 0 Å². The first-order chi connectivity index (χ1) is 9.47. The summed E-state index contributed by atoms with van der Waals surface area (Å²) in [5, 5.41) is 3.90. The Labute approximate surface area is 132 Å². The summed E-state index contributed by atoms with van der Waals surface area (Å²) in [4.78, 5) is 0. The van der Waals surface area contributed by atoms with E-state index in [4.69, 9.17) is 0 Å². The maximum absolute atomic E-state index is 3.90. The second-order valence-corrected chi connectivity index (χ2v) is 7.79. The molecule has 1 aromatic rings. The van der Waals surface area contributed by atoms with Crippen LogP contribution in [-0.2, 0) is 0 Å². The predicted octanol–water partition coefficient (Wildman–Crippen LogP) is 5.56. The first-order valence-electron chi connectivity index (χ1n) is 7.99. The van der Waals surface area contributed by atoms with Gasteiger partial charge in [0.05, 0.1) is 0 Å². The van der Waals surface area contributed by atoms with E-state index >= 15 is 0 Å². The minimum Gasteiger partial charge on any atom is -0.307 e. The predicted molar refractivity (Wildman–Crippen MR) is 90.8 cm³/mol. The minimum atomic E-state index is 0.430. The molecule has 1 aliphatic carbocycles. The molecule has 1 saturated carbocycles. The van der Waals surface area contributed by atoms with E-state index in [9.17, 15) is 0 Å². The molecular weight excluding hydrogens is 310 g/mol. The molecule has 1 aliphatic rings. The van der Waals surface area contributed by atoms with Crippen LogP contribution in [0.4, 0.5) is 0 Å². The van der Waals surface area contributed by atoms with Crippen molar-refractivity contribution in [2.45, 2.75) is 59.0 Å². The Kier molecular flexibility index (Phi) is 5.68. The van der Waals surface area contributed by atoms with Crippen molar-refractivity contribution in [2.24, 2.45) is 17.8 Å². The number of halogens is 1. The van der Waals surface area contributed by atoms with Crippen LogP contribution in [-0.4, -0.2) is 6.04 Å². The van der Waals surface area contributed by atoms with Gasteiger partial charge in [-0.25, -0.2) is 0 Å². The van der Waals surface area contributed by atoms with Crippen LogP contribution >= 0.6 is 15.9 Å². The number of hydrogen-bond donors (Lipinski definition) is 1. The van der Waals surface area contributed by atoms with E-state index in [2.05, 4.69) is 73.2 Å². The average molecular weight is 338 g/mol. The Bertz CT molecular complexity index is 412. The third-order valence-electron chi connectivity index (χ3n) is 4.86. The zero-order valence-corrected chi connectivity index (χ0v) is 14.8. The first-order valence-corrected chi connectivity index (χ1v) is 8.78. The van der Waals surface area contributed by atoms with E-state index < -0.39 is 0 Å². The van der Waals surface area contributed by atoms with Gasteiger partial charge in [-0.2, -0.15) is 0 Å². The molecule has 1 fully saturated rings. The molecule has 0 heterocycles. The molecule has 0 spiro atoms. The second-order valence-electron chi connectivity index (χ2n) is 6.87. The van der Waals surface area contributed by atoms with Crippen molar-refractivity contribution >= 4 is 15.9 Å². The molecule has 1 N–H and O–H groups in total. The van der Waals surface area contributed by atoms with Crippen LogP contribution in [0.3, 0.4) is 0 Å². The summed E-state index contributed by atoms with van der Waals surface area (Å²) >= 11 is 3.51. The molecule has 2 heteroatoms. The first kappa shape index (κ1) is 16.0. The van der Waals surface area contributed by atoms with Gasteiger partial charge in [0.2, 0.25) is 0 Å². The molecule has 1 nitrogen and oxygen atoms in total. The second kappa shape index (κ2) is 7.09. The van der Waals surface area contributed by atoms with Gasteiger partial charge in [0.15, 0.2) is 0 Å². The standard InChI is InChI=1S/C18H28BrN/c1-12(2)17-10-5-13(3)11-18(17)20-14(4)15-6-8-16(19)9-7-15/h6-9,12-14,17-18,20H,5,10-11H2,1-4H3/t13?,14-,17?,18?/m0/s1. The minimum absolute atomic E-state index is 0.430. The van der Waals surface area contributed by atoms with Gasteiger partial charge in [0.1, 0.15) is 0 Å². The monoisotopic (exact) mass is 337 g/mol. The van der Waals surface area contributed by atoms with Gasteiger partial charge in [-0.05, 0) is 55.2 Å². The van der Waals surface area contributed by atoms with Crippen LogP contribution in [0, 0.1) is 17.8 Å². The third-order valence-corrected chi connectivity index (χ3v) is 5.38. The van der Waals surface area contributed by atoms with E-state index in [1.165, 1.54) is 24.8 Å². The van der Waals surface area contributed by atoms with Gasteiger partial charge in [-0.3, -0.25) is 0 Å². The van der Waals surface area contributed by atoms with Crippen molar-refractivity contribution < 1.29 is 0 Å². The number of hydrogen-bond acceptors (Lipinski definition) is 1. The van der Waals surface area contributed by atoms with Crippen molar-refractivity contribution in [1.29, 1.82) is 0 Å². The molecule has 0 saturated heterocycles. The molecule has 0 aromatic heterocycles. The summed E-state index contributed by atoms with van der Waals surface area (Å²) in [5.41, 5.74) is 1.38. The fourth-order valence-electron chi connectivity index (χ4n) is 3.56. The lowest BCUT2D eigenvalue weighted by atomic mass is 9.73. The van der Waals surface area contributed by atoms with E-state index in [0.717, 1.165) is 22.2 Å². The molecule has 20 heavy (non-hydrogen) atoms. The zero-order chi connectivity index (χ0) is 14.7. The molecule has 3 unspecified atom stereocenters. The summed E-state index contributed by atoms with van der Waals surface area (Å²) in [7, 11) is 0. The number of nitrogens with one attached hydrogen (secondary N) is 1. The molecule has 2 rings (SSSR count). The smallest absolute Gasteiger partial charge is 0.0294 e. The molecule has 0 aliphatic heterocycles. The molecule has 0 radical (unpaired) electrons. The summed E-state index contributed by atoms with van der Waals surface area (Å²) < 4.78 is 1.15. The van der Waals surface area contributed by atoms with Crippen LogP contribution in [0.15, 0.2) is 28.7 Å². The van der Waals surface area contributed by atoms with E-state index in [0.29, 0.717) is 12.1 Å². The van der Waals surface area contributed by atoms with Gasteiger partial charge in [-0.15, -0.1) is 0 Å². The number of rotatable bonds is 4. The Morgan fingerprint density at radius 1 is 1.10 bits per heavy atom. The average Bonchev–Trinajstić information content (AvgIpc) is 2.39. The molecular formula is C18H28BrN. The molecule has 0 amide bonds. The van der Waals surface area contributed by atoms with E-state index in [-0.39, 0.29) is 0 Å². The molecule has 1 aromatic carbocycles. The Balaban J connectivity index is 2.03. The topological polar surface area (TPSA) is 12.0 Å². The lowest BCUT2D eigenvalue weighted by molar-refractivity contribution is 0.161. The van der Waals surface area contributed by atoms with E-state index in [1.807, 2.05) is 0 Å². The number of benzene rings is 1. The maximum atomic E-state index is 3.90. The lowest BCUT2D eigenvalue weighted by Gasteiger charge is -2.39. The Morgan fingerprint density at radius 3 is 2.35 bits per heavy atom. The van der Waals surface area contributed by atoms with Gasteiger partial charge in [-0.1, -0.05) is 55.3 Å². The summed E-state index contributed by atoms with van der Waals surface area (Å²) in [6, 6.07) is 9.81.